The number of ether oxygens (including phenoxy) is 1. The van der Waals surface area contributed by atoms with Crippen LogP contribution in [0.2, 0.25) is 5.15 Å². The predicted octanol–water partition coefficient (Wildman–Crippen LogP) is 6.17. The lowest BCUT2D eigenvalue weighted by Gasteiger charge is -2.22. The maximum Gasteiger partial charge on any atom is 0.131 e. The van der Waals surface area contributed by atoms with E-state index >= 15 is 0 Å². The minimum Gasteiger partial charge on any atom is -0.379 e. The van der Waals surface area contributed by atoms with Gasteiger partial charge in [0.2, 0.25) is 0 Å². The average molecular weight is 379 g/mol. The van der Waals surface area contributed by atoms with Crippen LogP contribution in [0.15, 0.2) is 23.6 Å². The van der Waals surface area contributed by atoms with Gasteiger partial charge in [0, 0.05) is 29.0 Å². The number of aromatic nitrogens is 1. The van der Waals surface area contributed by atoms with Crippen LogP contribution < -0.4 is 5.32 Å². The van der Waals surface area contributed by atoms with Crippen molar-refractivity contribution in [1.29, 1.82) is 0 Å². The van der Waals surface area contributed by atoms with Gasteiger partial charge in [0.15, 0.2) is 0 Å². The highest BCUT2D eigenvalue weighted by molar-refractivity contribution is 7.20. The Morgan fingerprint density at radius 2 is 2.33 bits per heavy atom. The topological polar surface area (TPSA) is 34.1 Å². The smallest absolute Gasteiger partial charge is 0.131 e. The first-order valence-electron chi connectivity index (χ1n) is 8.20. The standard InChI is InChI=1S/C18H19ClN2OS2/c1-11-16-18(24-17(11)14-6-2-3-7-22-14)13(9-15(19)21-16)20-10-12-5-4-8-23-12/h4-5,8-9,14H,2-3,6-7,10H2,1H3,(H,20,21). The zero-order valence-electron chi connectivity index (χ0n) is 13.5. The lowest BCUT2D eigenvalue weighted by Crippen LogP contribution is -2.10. The van der Waals surface area contributed by atoms with Crippen molar-refractivity contribution in [3.05, 3.63) is 44.1 Å². The molecule has 24 heavy (non-hydrogen) atoms. The number of fused-ring (bicyclic) bond motifs is 1. The van der Waals surface area contributed by atoms with Crippen LogP contribution in [0.25, 0.3) is 10.2 Å². The van der Waals surface area contributed by atoms with E-state index in [1.807, 2.05) is 6.07 Å². The number of nitrogens with one attached hydrogen (secondary N) is 1. The molecule has 3 nitrogen and oxygen atoms in total. The van der Waals surface area contributed by atoms with Crippen LogP contribution in [0.1, 0.15) is 40.7 Å². The highest BCUT2D eigenvalue weighted by Crippen LogP contribution is 2.42. The monoisotopic (exact) mass is 378 g/mol. The molecule has 1 fully saturated rings. The molecule has 4 heterocycles. The molecular weight excluding hydrogens is 360 g/mol. The molecule has 1 atom stereocenters. The number of hydrogen-bond donors (Lipinski definition) is 1. The van der Waals surface area contributed by atoms with Crippen molar-refractivity contribution in [3.8, 4) is 0 Å². The molecule has 1 aliphatic heterocycles. The van der Waals surface area contributed by atoms with Crippen molar-refractivity contribution in [2.24, 2.45) is 0 Å². The number of anilines is 1. The van der Waals surface area contributed by atoms with E-state index in [1.54, 1.807) is 22.7 Å². The Kier molecular flexibility index (Phi) is 4.77. The number of halogens is 1. The van der Waals surface area contributed by atoms with Crippen LogP contribution in [0, 0.1) is 6.92 Å². The average Bonchev–Trinajstić information content (AvgIpc) is 3.22. The zero-order chi connectivity index (χ0) is 16.5. The molecule has 0 aliphatic carbocycles. The molecule has 0 spiro atoms. The largest absolute Gasteiger partial charge is 0.379 e. The van der Waals surface area contributed by atoms with Gasteiger partial charge in [-0.15, -0.1) is 22.7 Å². The lowest BCUT2D eigenvalue weighted by molar-refractivity contribution is 0.0169. The van der Waals surface area contributed by atoms with Gasteiger partial charge in [-0.3, -0.25) is 0 Å². The Bertz CT molecular complexity index is 838. The fraction of sp³-hybridized carbons (Fsp3) is 0.389. The van der Waals surface area contributed by atoms with Gasteiger partial charge in [-0.25, -0.2) is 4.98 Å². The van der Waals surface area contributed by atoms with Crippen molar-refractivity contribution in [3.63, 3.8) is 0 Å². The molecule has 1 N–H and O–H groups in total. The number of nitrogens with zero attached hydrogens (tertiary/aromatic N) is 1. The summed E-state index contributed by atoms with van der Waals surface area (Å²) in [6.07, 6.45) is 3.70. The second-order valence-corrected chi connectivity index (χ2v) is 8.52. The number of hydrogen-bond acceptors (Lipinski definition) is 5. The first-order valence-corrected chi connectivity index (χ1v) is 10.3. The van der Waals surface area contributed by atoms with Crippen molar-refractivity contribution < 1.29 is 4.74 Å². The summed E-state index contributed by atoms with van der Waals surface area (Å²) >= 11 is 9.83. The minimum atomic E-state index is 0.210. The summed E-state index contributed by atoms with van der Waals surface area (Å²) in [6.45, 7) is 3.80. The summed E-state index contributed by atoms with van der Waals surface area (Å²) in [5, 5.41) is 6.16. The second kappa shape index (κ2) is 7.00. The molecule has 0 bridgehead atoms. The van der Waals surface area contributed by atoms with Crippen molar-refractivity contribution in [2.45, 2.75) is 38.8 Å². The van der Waals surface area contributed by atoms with Gasteiger partial charge in [0.25, 0.3) is 0 Å². The molecule has 0 saturated carbocycles. The maximum atomic E-state index is 6.28. The van der Waals surface area contributed by atoms with E-state index in [4.69, 9.17) is 16.3 Å². The van der Waals surface area contributed by atoms with Gasteiger partial charge < -0.3 is 10.1 Å². The first kappa shape index (κ1) is 16.3. The summed E-state index contributed by atoms with van der Waals surface area (Å²) in [5.74, 6) is 0. The van der Waals surface area contributed by atoms with Gasteiger partial charge in [0.1, 0.15) is 5.15 Å². The molecule has 0 aromatic carbocycles. The summed E-state index contributed by atoms with van der Waals surface area (Å²) < 4.78 is 7.17. The highest BCUT2D eigenvalue weighted by Gasteiger charge is 2.23. The third-order valence-corrected chi connectivity index (χ3v) is 6.86. The molecule has 1 unspecified atom stereocenters. The van der Waals surface area contributed by atoms with Crippen LogP contribution in [0.5, 0.6) is 0 Å². The second-order valence-electron chi connectivity index (χ2n) is 6.05. The lowest BCUT2D eigenvalue weighted by atomic mass is 10.1. The van der Waals surface area contributed by atoms with Gasteiger partial charge in [0.05, 0.1) is 22.0 Å². The Hall–Kier alpha value is -1.14. The fourth-order valence-electron chi connectivity index (χ4n) is 3.14. The van der Waals surface area contributed by atoms with Crippen LogP contribution in [-0.4, -0.2) is 11.6 Å². The van der Waals surface area contributed by atoms with Crippen molar-refractivity contribution in [2.75, 3.05) is 11.9 Å². The van der Waals surface area contributed by atoms with E-state index in [2.05, 4.69) is 34.7 Å². The van der Waals surface area contributed by atoms with E-state index in [9.17, 15) is 0 Å². The van der Waals surface area contributed by atoms with Gasteiger partial charge in [-0.1, -0.05) is 17.7 Å². The molecule has 3 aromatic heterocycles. The van der Waals surface area contributed by atoms with Gasteiger partial charge >= 0.3 is 0 Å². The van der Waals surface area contributed by atoms with Crippen molar-refractivity contribution >= 4 is 50.2 Å². The van der Waals surface area contributed by atoms with E-state index in [-0.39, 0.29) is 6.10 Å². The molecule has 6 heteroatoms. The first-order chi connectivity index (χ1) is 11.7. The normalized spacial score (nSPS) is 18.2. The van der Waals surface area contributed by atoms with E-state index in [1.165, 1.54) is 26.4 Å². The van der Waals surface area contributed by atoms with Gasteiger partial charge in [-0.2, -0.15) is 0 Å². The Labute approximate surface area is 154 Å². The molecule has 126 valence electrons. The van der Waals surface area contributed by atoms with E-state index in [0.29, 0.717) is 5.15 Å². The number of rotatable bonds is 4. The SMILES string of the molecule is Cc1c(C2CCCCO2)sc2c(NCc3cccs3)cc(Cl)nc12. The number of pyridine rings is 1. The molecule has 0 amide bonds. The highest BCUT2D eigenvalue weighted by atomic mass is 35.5. The van der Waals surface area contributed by atoms with Crippen LogP contribution in [0.4, 0.5) is 5.69 Å². The molecular formula is C18H19ClN2OS2. The Morgan fingerprint density at radius 1 is 1.42 bits per heavy atom. The van der Waals surface area contributed by atoms with E-state index < -0.39 is 0 Å². The zero-order valence-corrected chi connectivity index (χ0v) is 15.9. The Morgan fingerprint density at radius 3 is 3.08 bits per heavy atom. The fourth-order valence-corrected chi connectivity index (χ4v) is 5.31. The van der Waals surface area contributed by atoms with E-state index in [0.717, 1.165) is 37.2 Å². The van der Waals surface area contributed by atoms with Crippen LogP contribution >= 0.6 is 34.3 Å². The molecule has 0 radical (unpaired) electrons. The molecule has 4 rings (SSSR count). The summed E-state index contributed by atoms with van der Waals surface area (Å²) in [4.78, 5) is 7.19. The summed E-state index contributed by atoms with van der Waals surface area (Å²) in [6, 6.07) is 6.14. The van der Waals surface area contributed by atoms with Crippen LogP contribution in [0.3, 0.4) is 0 Å². The summed E-state index contributed by atoms with van der Waals surface area (Å²) in [7, 11) is 0. The van der Waals surface area contributed by atoms with Crippen molar-refractivity contribution in [1.82, 2.24) is 4.98 Å². The predicted molar refractivity (Wildman–Crippen MR) is 104 cm³/mol. The van der Waals surface area contributed by atoms with Crippen LogP contribution in [-0.2, 0) is 11.3 Å². The summed E-state index contributed by atoms with van der Waals surface area (Å²) in [5.41, 5.74) is 3.28. The quantitative estimate of drug-likeness (QED) is 0.551. The molecule has 3 aromatic rings. The maximum absolute atomic E-state index is 6.28. The third-order valence-electron chi connectivity index (χ3n) is 4.38. The Balaban J connectivity index is 1.70. The molecule has 1 aliphatic rings. The number of thiophene rings is 2. The molecule has 1 saturated heterocycles. The third kappa shape index (κ3) is 3.18. The number of aryl methyl sites for hydroxylation is 1. The minimum absolute atomic E-state index is 0.210. The van der Waals surface area contributed by atoms with Gasteiger partial charge in [-0.05, 0) is 43.2 Å².